The van der Waals surface area contributed by atoms with Gasteiger partial charge in [-0.1, -0.05) is 48.0 Å². The SMILES string of the molecule is CCc1cccc(CC)c1NC(=O)CCCN1C(=O)c2ccc(Br)cc2C1=O. The third-order valence-corrected chi connectivity index (χ3v) is 5.47. The van der Waals surface area contributed by atoms with Crippen LogP contribution in [0, 0.1) is 0 Å². The molecule has 2 aromatic rings. The summed E-state index contributed by atoms with van der Waals surface area (Å²) >= 11 is 3.32. The fraction of sp³-hybridized carbons (Fsp3) is 0.318. The fourth-order valence-electron chi connectivity index (χ4n) is 3.47. The van der Waals surface area contributed by atoms with Crippen LogP contribution in [0.25, 0.3) is 0 Å². The molecule has 1 aliphatic heterocycles. The van der Waals surface area contributed by atoms with Crippen molar-refractivity contribution in [1.82, 2.24) is 4.90 Å². The van der Waals surface area contributed by atoms with E-state index in [1.807, 2.05) is 18.2 Å². The van der Waals surface area contributed by atoms with E-state index in [0.717, 1.165) is 34.1 Å². The predicted octanol–water partition coefficient (Wildman–Crippen LogP) is 4.59. The summed E-state index contributed by atoms with van der Waals surface area (Å²) in [7, 11) is 0. The maximum Gasteiger partial charge on any atom is 0.261 e. The van der Waals surface area contributed by atoms with Gasteiger partial charge in [0, 0.05) is 23.1 Å². The summed E-state index contributed by atoms with van der Waals surface area (Å²) in [6.45, 7) is 4.35. The molecule has 1 heterocycles. The van der Waals surface area contributed by atoms with E-state index in [9.17, 15) is 14.4 Å². The molecule has 28 heavy (non-hydrogen) atoms. The van der Waals surface area contributed by atoms with Gasteiger partial charge in [0.15, 0.2) is 0 Å². The standard InChI is InChI=1S/C22H23BrN2O3/c1-3-14-7-5-8-15(4-2)20(14)24-19(26)9-6-12-25-21(27)17-11-10-16(23)13-18(17)22(25)28/h5,7-8,10-11,13H,3-4,6,9,12H2,1-2H3,(H,24,26). The van der Waals surface area contributed by atoms with E-state index in [1.54, 1.807) is 18.2 Å². The molecule has 146 valence electrons. The molecule has 0 aliphatic carbocycles. The lowest BCUT2D eigenvalue weighted by molar-refractivity contribution is -0.116. The highest BCUT2D eigenvalue weighted by Gasteiger charge is 2.35. The van der Waals surface area contributed by atoms with Gasteiger partial charge in [-0.05, 0) is 48.6 Å². The Balaban J connectivity index is 1.60. The monoisotopic (exact) mass is 442 g/mol. The first-order valence-electron chi connectivity index (χ1n) is 9.52. The minimum absolute atomic E-state index is 0.102. The summed E-state index contributed by atoms with van der Waals surface area (Å²) in [6.07, 6.45) is 2.36. The number of benzene rings is 2. The molecule has 0 radical (unpaired) electrons. The van der Waals surface area contributed by atoms with E-state index in [-0.39, 0.29) is 30.7 Å². The molecule has 1 aliphatic rings. The topological polar surface area (TPSA) is 66.5 Å². The third kappa shape index (κ3) is 4.02. The van der Waals surface area contributed by atoms with Crippen molar-refractivity contribution in [1.29, 1.82) is 0 Å². The molecule has 0 unspecified atom stereocenters. The molecule has 5 nitrogen and oxygen atoms in total. The van der Waals surface area contributed by atoms with Gasteiger partial charge in [0.2, 0.25) is 5.91 Å². The highest BCUT2D eigenvalue weighted by molar-refractivity contribution is 9.10. The molecule has 2 aromatic carbocycles. The molecule has 6 heteroatoms. The summed E-state index contributed by atoms with van der Waals surface area (Å²) in [5, 5.41) is 3.02. The molecule has 1 N–H and O–H groups in total. The van der Waals surface area contributed by atoms with Gasteiger partial charge >= 0.3 is 0 Å². The zero-order chi connectivity index (χ0) is 20.3. The largest absolute Gasteiger partial charge is 0.326 e. The maximum absolute atomic E-state index is 12.5. The molecule has 0 atom stereocenters. The van der Waals surface area contributed by atoms with E-state index in [4.69, 9.17) is 0 Å². The molecule has 0 fully saturated rings. The summed E-state index contributed by atoms with van der Waals surface area (Å²) in [4.78, 5) is 38.6. The lowest BCUT2D eigenvalue weighted by Gasteiger charge is -2.16. The number of imide groups is 1. The Hall–Kier alpha value is -2.47. The number of carbonyl (C=O) groups excluding carboxylic acids is 3. The Labute approximate surface area is 173 Å². The Bertz CT molecular complexity index is 917. The van der Waals surface area contributed by atoms with Crippen LogP contribution in [0.1, 0.15) is 58.5 Å². The van der Waals surface area contributed by atoms with Crippen LogP contribution in [0.2, 0.25) is 0 Å². The van der Waals surface area contributed by atoms with Crippen LogP contribution in [0.3, 0.4) is 0 Å². The lowest BCUT2D eigenvalue weighted by Crippen LogP contribution is -2.31. The summed E-state index contributed by atoms with van der Waals surface area (Å²) < 4.78 is 0.759. The van der Waals surface area contributed by atoms with Gasteiger partial charge in [-0.2, -0.15) is 0 Å². The fourth-order valence-corrected chi connectivity index (χ4v) is 3.83. The van der Waals surface area contributed by atoms with Crippen molar-refractivity contribution >= 4 is 39.3 Å². The number of nitrogens with zero attached hydrogens (tertiary/aromatic N) is 1. The Morgan fingerprint density at radius 2 is 1.64 bits per heavy atom. The average Bonchev–Trinajstić information content (AvgIpc) is 2.92. The molecule has 0 saturated carbocycles. The number of hydrogen-bond acceptors (Lipinski definition) is 3. The summed E-state index contributed by atoms with van der Waals surface area (Å²) in [5.74, 6) is -0.696. The molecule has 0 spiro atoms. The highest BCUT2D eigenvalue weighted by Crippen LogP contribution is 2.26. The van der Waals surface area contributed by atoms with Crippen LogP contribution in [0.5, 0.6) is 0 Å². The van der Waals surface area contributed by atoms with E-state index < -0.39 is 0 Å². The van der Waals surface area contributed by atoms with Gasteiger partial charge in [0.1, 0.15) is 0 Å². The van der Waals surface area contributed by atoms with Gasteiger partial charge in [0.25, 0.3) is 11.8 Å². The number of halogens is 1. The van der Waals surface area contributed by atoms with Crippen molar-refractivity contribution in [2.45, 2.75) is 39.5 Å². The van der Waals surface area contributed by atoms with E-state index >= 15 is 0 Å². The second kappa shape index (κ2) is 8.69. The van der Waals surface area contributed by atoms with Crippen LogP contribution in [-0.4, -0.2) is 29.2 Å². The van der Waals surface area contributed by atoms with Crippen molar-refractivity contribution in [3.8, 4) is 0 Å². The Kier molecular flexibility index (Phi) is 6.29. The number of carbonyl (C=O) groups is 3. The van der Waals surface area contributed by atoms with Crippen molar-refractivity contribution < 1.29 is 14.4 Å². The van der Waals surface area contributed by atoms with Crippen LogP contribution < -0.4 is 5.32 Å². The number of aryl methyl sites for hydroxylation is 2. The highest BCUT2D eigenvalue weighted by atomic mass is 79.9. The number of fused-ring (bicyclic) bond motifs is 1. The number of nitrogens with one attached hydrogen (secondary N) is 1. The third-order valence-electron chi connectivity index (χ3n) is 4.98. The van der Waals surface area contributed by atoms with Gasteiger partial charge < -0.3 is 5.32 Å². The lowest BCUT2D eigenvalue weighted by atomic mass is 10.0. The first-order valence-corrected chi connectivity index (χ1v) is 10.3. The zero-order valence-electron chi connectivity index (χ0n) is 16.0. The van der Waals surface area contributed by atoms with Crippen LogP contribution in [-0.2, 0) is 17.6 Å². The van der Waals surface area contributed by atoms with Gasteiger partial charge in [0.05, 0.1) is 11.1 Å². The number of hydrogen-bond donors (Lipinski definition) is 1. The van der Waals surface area contributed by atoms with E-state index in [1.165, 1.54) is 4.90 Å². The van der Waals surface area contributed by atoms with Crippen molar-refractivity contribution in [3.05, 3.63) is 63.1 Å². The van der Waals surface area contributed by atoms with Crippen LogP contribution >= 0.6 is 15.9 Å². The van der Waals surface area contributed by atoms with Crippen LogP contribution in [0.15, 0.2) is 40.9 Å². The van der Waals surface area contributed by atoms with Crippen LogP contribution in [0.4, 0.5) is 5.69 Å². The second-order valence-corrected chi connectivity index (χ2v) is 7.68. The molecule has 0 aromatic heterocycles. The van der Waals surface area contributed by atoms with Gasteiger partial charge in [-0.15, -0.1) is 0 Å². The number of anilines is 1. The quantitative estimate of drug-likeness (QED) is 0.637. The second-order valence-electron chi connectivity index (χ2n) is 6.76. The molecule has 0 saturated heterocycles. The Morgan fingerprint density at radius 1 is 1.00 bits per heavy atom. The Morgan fingerprint density at radius 3 is 2.29 bits per heavy atom. The number of para-hydroxylation sites is 1. The minimum atomic E-state index is -0.300. The first-order chi connectivity index (χ1) is 13.5. The normalized spacial score (nSPS) is 13.0. The predicted molar refractivity (Wildman–Crippen MR) is 113 cm³/mol. The van der Waals surface area contributed by atoms with Gasteiger partial charge in [-0.25, -0.2) is 0 Å². The first kappa shape index (κ1) is 20.3. The average molecular weight is 443 g/mol. The van der Waals surface area contributed by atoms with Crippen molar-refractivity contribution in [2.75, 3.05) is 11.9 Å². The molecular formula is C22H23BrN2O3. The number of rotatable bonds is 7. The van der Waals surface area contributed by atoms with E-state index in [0.29, 0.717) is 17.5 Å². The van der Waals surface area contributed by atoms with E-state index in [2.05, 4.69) is 35.1 Å². The summed E-state index contributed by atoms with van der Waals surface area (Å²) in [6, 6.07) is 11.1. The molecule has 0 bridgehead atoms. The minimum Gasteiger partial charge on any atom is -0.326 e. The maximum atomic E-state index is 12.5. The number of amides is 3. The molecule has 3 rings (SSSR count). The summed E-state index contributed by atoms with van der Waals surface area (Å²) in [5.41, 5.74) is 3.94. The zero-order valence-corrected chi connectivity index (χ0v) is 17.6. The van der Waals surface area contributed by atoms with Gasteiger partial charge in [-0.3, -0.25) is 19.3 Å². The van der Waals surface area contributed by atoms with Crippen molar-refractivity contribution in [3.63, 3.8) is 0 Å². The molecule has 3 amide bonds. The van der Waals surface area contributed by atoms with Crippen molar-refractivity contribution in [2.24, 2.45) is 0 Å². The smallest absolute Gasteiger partial charge is 0.261 e. The molecular weight excluding hydrogens is 420 g/mol.